The van der Waals surface area contributed by atoms with Crippen molar-refractivity contribution in [2.24, 2.45) is 5.73 Å². The van der Waals surface area contributed by atoms with E-state index in [-0.39, 0.29) is 12.5 Å². The number of carbonyl (C=O) groups is 2. The summed E-state index contributed by atoms with van der Waals surface area (Å²) in [6.45, 7) is -0.0891. The molecule has 3 N–H and O–H groups in total. The lowest BCUT2D eigenvalue weighted by atomic mass is 10.2. The molecule has 0 saturated carbocycles. The van der Waals surface area contributed by atoms with E-state index in [1.807, 2.05) is 24.3 Å². The molecule has 1 aromatic carbocycles. The molecule has 0 unspecified atom stereocenters. The summed E-state index contributed by atoms with van der Waals surface area (Å²) >= 11 is 0. The maximum Gasteiger partial charge on any atom is 0.270 e. The van der Waals surface area contributed by atoms with Gasteiger partial charge in [-0.05, 0) is 12.1 Å². The second-order valence-corrected chi connectivity index (χ2v) is 3.90. The van der Waals surface area contributed by atoms with Crippen LogP contribution < -0.4 is 5.73 Å². The third-order valence-electron chi connectivity index (χ3n) is 2.50. The largest absolute Gasteiger partial charge is 0.368 e. The summed E-state index contributed by atoms with van der Waals surface area (Å²) in [6, 6.07) is 9.35. The molecule has 2 rings (SSSR count). The summed E-state index contributed by atoms with van der Waals surface area (Å²) in [5, 5.41) is 0.961. The van der Waals surface area contributed by atoms with Crippen molar-refractivity contribution in [1.29, 1.82) is 0 Å². The quantitative estimate of drug-likeness (QED) is 0.816. The number of amides is 2. The number of likely N-dealkylation sites (N-methyl/N-ethyl adjacent to an activating group) is 1. The van der Waals surface area contributed by atoms with Crippen molar-refractivity contribution in [2.45, 2.75) is 0 Å². The van der Waals surface area contributed by atoms with Crippen LogP contribution in [0.3, 0.4) is 0 Å². The highest BCUT2D eigenvalue weighted by atomic mass is 16.2. The van der Waals surface area contributed by atoms with Crippen LogP contribution in [0.4, 0.5) is 0 Å². The number of para-hydroxylation sites is 1. The summed E-state index contributed by atoms with van der Waals surface area (Å²) < 4.78 is 0. The second kappa shape index (κ2) is 4.29. The van der Waals surface area contributed by atoms with Gasteiger partial charge in [-0.2, -0.15) is 0 Å². The minimum atomic E-state index is -0.531. The highest BCUT2D eigenvalue weighted by Gasteiger charge is 2.15. The molecule has 17 heavy (non-hydrogen) atoms. The van der Waals surface area contributed by atoms with E-state index in [0.29, 0.717) is 5.69 Å². The molecule has 1 aromatic heterocycles. The molecule has 0 radical (unpaired) electrons. The zero-order valence-electron chi connectivity index (χ0n) is 9.43. The minimum absolute atomic E-state index is 0.0891. The number of primary amides is 1. The average Bonchev–Trinajstić information content (AvgIpc) is 2.70. The number of aromatic nitrogens is 1. The highest BCUT2D eigenvalue weighted by molar-refractivity contribution is 5.99. The van der Waals surface area contributed by atoms with Crippen molar-refractivity contribution in [1.82, 2.24) is 9.88 Å². The zero-order valence-corrected chi connectivity index (χ0v) is 9.43. The van der Waals surface area contributed by atoms with Crippen LogP contribution in [0, 0.1) is 0 Å². The highest BCUT2D eigenvalue weighted by Crippen LogP contribution is 2.15. The molecule has 0 spiro atoms. The van der Waals surface area contributed by atoms with Crippen LogP contribution in [-0.2, 0) is 4.79 Å². The topological polar surface area (TPSA) is 79.2 Å². The van der Waals surface area contributed by atoms with Crippen LogP contribution in [0.15, 0.2) is 30.3 Å². The normalized spacial score (nSPS) is 10.4. The van der Waals surface area contributed by atoms with Gasteiger partial charge in [0.25, 0.3) is 5.91 Å². The van der Waals surface area contributed by atoms with Crippen molar-refractivity contribution < 1.29 is 9.59 Å². The molecule has 0 bridgehead atoms. The van der Waals surface area contributed by atoms with E-state index >= 15 is 0 Å². The fraction of sp³-hybridized carbons (Fsp3) is 0.167. The number of rotatable bonds is 3. The number of fused-ring (bicyclic) bond motifs is 1. The first-order valence-corrected chi connectivity index (χ1v) is 5.19. The number of benzene rings is 1. The van der Waals surface area contributed by atoms with Crippen molar-refractivity contribution in [3.63, 3.8) is 0 Å². The van der Waals surface area contributed by atoms with Crippen molar-refractivity contribution in [2.75, 3.05) is 13.6 Å². The van der Waals surface area contributed by atoms with Crippen molar-refractivity contribution in [3.8, 4) is 0 Å². The Balaban J connectivity index is 2.27. The Kier molecular flexibility index (Phi) is 2.82. The molecule has 2 amide bonds. The van der Waals surface area contributed by atoms with Crippen LogP contribution in [0.25, 0.3) is 10.9 Å². The summed E-state index contributed by atoms with van der Waals surface area (Å²) in [4.78, 5) is 27.0. The Morgan fingerprint density at radius 1 is 1.35 bits per heavy atom. The molecule has 0 fully saturated rings. The maximum absolute atomic E-state index is 11.9. The molecule has 5 nitrogen and oxygen atoms in total. The van der Waals surface area contributed by atoms with Gasteiger partial charge in [-0.1, -0.05) is 18.2 Å². The van der Waals surface area contributed by atoms with E-state index in [9.17, 15) is 9.59 Å². The average molecular weight is 231 g/mol. The maximum atomic E-state index is 11.9. The fourth-order valence-corrected chi connectivity index (χ4v) is 1.70. The predicted molar refractivity (Wildman–Crippen MR) is 64.5 cm³/mol. The van der Waals surface area contributed by atoms with Crippen molar-refractivity contribution in [3.05, 3.63) is 36.0 Å². The molecule has 0 aliphatic heterocycles. The van der Waals surface area contributed by atoms with Crippen LogP contribution in [0.5, 0.6) is 0 Å². The molecule has 88 valence electrons. The number of aromatic amines is 1. The Labute approximate surface area is 98.2 Å². The summed E-state index contributed by atoms with van der Waals surface area (Å²) in [6.07, 6.45) is 0. The van der Waals surface area contributed by atoms with Gasteiger partial charge in [0.1, 0.15) is 5.69 Å². The molecular weight excluding hydrogens is 218 g/mol. The van der Waals surface area contributed by atoms with Crippen LogP contribution in [0.1, 0.15) is 10.5 Å². The van der Waals surface area contributed by atoms with E-state index in [2.05, 4.69) is 4.98 Å². The third kappa shape index (κ3) is 2.28. The first kappa shape index (κ1) is 11.2. The van der Waals surface area contributed by atoms with E-state index in [1.165, 1.54) is 4.90 Å². The fourth-order valence-electron chi connectivity index (χ4n) is 1.70. The lowest BCUT2D eigenvalue weighted by Crippen LogP contribution is -2.35. The van der Waals surface area contributed by atoms with Crippen LogP contribution in [-0.4, -0.2) is 35.3 Å². The number of nitrogens with zero attached hydrogens (tertiary/aromatic N) is 1. The van der Waals surface area contributed by atoms with Gasteiger partial charge in [-0.3, -0.25) is 9.59 Å². The van der Waals surface area contributed by atoms with E-state index < -0.39 is 5.91 Å². The minimum Gasteiger partial charge on any atom is -0.368 e. The number of hydrogen-bond acceptors (Lipinski definition) is 2. The van der Waals surface area contributed by atoms with Crippen LogP contribution >= 0.6 is 0 Å². The Morgan fingerprint density at radius 3 is 2.71 bits per heavy atom. The molecule has 0 aliphatic rings. The SMILES string of the molecule is CN(CC(N)=O)C(=O)c1cc2ccccc2[nH]1. The standard InChI is InChI=1S/C12H13N3O2/c1-15(7-11(13)16)12(17)10-6-8-4-2-3-5-9(8)14-10/h2-6,14H,7H2,1H3,(H2,13,16). The number of nitrogens with two attached hydrogens (primary N) is 1. The van der Waals surface area contributed by atoms with Gasteiger partial charge in [0.15, 0.2) is 0 Å². The monoisotopic (exact) mass is 231 g/mol. The number of nitrogens with one attached hydrogen (secondary N) is 1. The summed E-state index contributed by atoms with van der Waals surface area (Å²) in [5.41, 5.74) is 6.39. The number of hydrogen-bond donors (Lipinski definition) is 2. The number of carbonyl (C=O) groups excluding carboxylic acids is 2. The van der Waals surface area contributed by atoms with Gasteiger partial charge in [-0.25, -0.2) is 0 Å². The second-order valence-electron chi connectivity index (χ2n) is 3.90. The lowest BCUT2D eigenvalue weighted by Gasteiger charge is -2.13. The first-order valence-electron chi connectivity index (χ1n) is 5.19. The molecule has 5 heteroatoms. The molecule has 0 saturated heterocycles. The molecular formula is C12H13N3O2. The summed E-state index contributed by atoms with van der Waals surface area (Å²) in [7, 11) is 1.54. The van der Waals surface area contributed by atoms with Crippen molar-refractivity contribution >= 4 is 22.7 Å². The van der Waals surface area contributed by atoms with E-state index in [0.717, 1.165) is 10.9 Å². The third-order valence-corrected chi connectivity index (χ3v) is 2.50. The van der Waals surface area contributed by atoms with Gasteiger partial charge < -0.3 is 15.6 Å². The van der Waals surface area contributed by atoms with Gasteiger partial charge in [0.05, 0.1) is 6.54 Å². The van der Waals surface area contributed by atoms with Gasteiger partial charge in [-0.15, -0.1) is 0 Å². The van der Waals surface area contributed by atoms with E-state index in [4.69, 9.17) is 5.73 Å². The Bertz CT molecular complexity index is 541. The Hall–Kier alpha value is -2.30. The van der Waals surface area contributed by atoms with Gasteiger partial charge >= 0.3 is 0 Å². The molecule has 1 heterocycles. The molecule has 2 aromatic rings. The smallest absolute Gasteiger partial charge is 0.270 e. The van der Waals surface area contributed by atoms with Gasteiger partial charge in [0.2, 0.25) is 5.91 Å². The van der Waals surface area contributed by atoms with Crippen LogP contribution in [0.2, 0.25) is 0 Å². The molecule has 0 atom stereocenters. The van der Waals surface area contributed by atoms with E-state index in [1.54, 1.807) is 13.1 Å². The first-order chi connectivity index (χ1) is 8.08. The lowest BCUT2D eigenvalue weighted by molar-refractivity contribution is -0.118. The van der Waals surface area contributed by atoms with Gasteiger partial charge in [0, 0.05) is 18.0 Å². The number of H-pyrrole nitrogens is 1. The summed E-state index contributed by atoms with van der Waals surface area (Å²) in [5.74, 6) is -0.781. The molecule has 0 aliphatic carbocycles. The zero-order chi connectivity index (χ0) is 12.4. The Morgan fingerprint density at radius 2 is 2.06 bits per heavy atom. The predicted octanol–water partition coefficient (Wildman–Crippen LogP) is 0.725.